The molecule has 1 heterocycles. The molecule has 80 valence electrons. The molecule has 1 fully saturated rings. The molecule has 15 heavy (non-hydrogen) atoms. The molecule has 4 heteroatoms. The average molecular weight is 270 g/mol. The Hall–Kier alpha value is -0.900. The van der Waals surface area contributed by atoms with Crippen molar-refractivity contribution in [1.82, 2.24) is 4.98 Å². The first-order valence-electron chi connectivity index (χ1n) is 4.81. The van der Waals surface area contributed by atoms with Gasteiger partial charge >= 0.3 is 0 Å². The van der Waals surface area contributed by atoms with Gasteiger partial charge in [-0.1, -0.05) is 0 Å². The minimum absolute atomic E-state index is 0.202. The van der Waals surface area contributed by atoms with E-state index in [4.69, 9.17) is 4.74 Å². The molecule has 0 atom stereocenters. The molecule has 0 aromatic carbocycles. The van der Waals surface area contributed by atoms with Crippen molar-refractivity contribution in [3.05, 3.63) is 22.4 Å². The van der Waals surface area contributed by atoms with Crippen LogP contribution in [-0.4, -0.2) is 17.9 Å². The van der Waals surface area contributed by atoms with E-state index in [9.17, 15) is 4.79 Å². The summed E-state index contributed by atoms with van der Waals surface area (Å²) >= 11 is 3.44. The number of carbonyl (C=O) groups excluding carboxylic acids is 1. The van der Waals surface area contributed by atoms with E-state index in [0.717, 1.165) is 22.9 Å². The van der Waals surface area contributed by atoms with Crippen LogP contribution in [0.15, 0.2) is 16.9 Å². The lowest BCUT2D eigenvalue weighted by Crippen LogP contribution is -2.18. The summed E-state index contributed by atoms with van der Waals surface area (Å²) in [7, 11) is 1.60. The van der Waals surface area contributed by atoms with Crippen LogP contribution in [0.25, 0.3) is 0 Å². The van der Waals surface area contributed by atoms with E-state index < -0.39 is 0 Å². The molecule has 2 rings (SSSR count). The van der Waals surface area contributed by atoms with Crippen molar-refractivity contribution >= 4 is 21.7 Å². The van der Waals surface area contributed by atoms with E-state index in [1.54, 1.807) is 26.4 Å². The molecule has 3 nitrogen and oxygen atoms in total. The summed E-state index contributed by atoms with van der Waals surface area (Å²) in [5.74, 6) is 0.893. The van der Waals surface area contributed by atoms with Crippen LogP contribution in [0.2, 0.25) is 0 Å². The Bertz CT molecular complexity index is 413. The predicted octanol–water partition coefficient (Wildman–Crippen LogP) is 2.47. The first-order chi connectivity index (χ1) is 7.12. The fourth-order valence-corrected chi connectivity index (χ4v) is 2.63. The molecular formula is C11H12BrNO2. The molecule has 0 radical (unpaired) electrons. The molecule has 0 saturated heterocycles. The van der Waals surface area contributed by atoms with E-state index in [0.29, 0.717) is 5.75 Å². The number of hydrogen-bond donors (Lipinski definition) is 0. The van der Waals surface area contributed by atoms with Gasteiger partial charge in [0.05, 0.1) is 18.7 Å². The van der Waals surface area contributed by atoms with Gasteiger partial charge in [0, 0.05) is 16.2 Å². The fourth-order valence-electron chi connectivity index (χ4n) is 1.94. The van der Waals surface area contributed by atoms with E-state index in [-0.39, 0.29) is 11.2 Å². The standard InChI is InChI=1S/C11H12BrNO2/c1-7(14)11(3-4-11)10-8(12)5-13-6-9(10)15-2/h5-6H,3-4H2,1-2H3. The number of nitrogens with zero attached hydrogens (tertiary/aromatic N) is 1. The van der Waals surface area contributed by atoms with E-state index in [1.165, 1.54) is 0 Å². The Labute approximate surface area is 97.0 Å². The third-order valence-corrected chi connectivity index (χ3v) is 3.59. The SMILES string of the molecule is COc1cncc(Br)c1C1(C(C)=O)CC1. The molecule has 0 aliphatic heterocycles. The molecule has 1 saturated carbocycles. The second-order valence-electron chi connectivity index (χ2n) is 3.84. The molecule has 0 amide bonds. The summed E-state index contributed by atoms with van der Waals surface area (Å²) in [4.78, 5) is 15.7. The largest absolute Gasteiger partial charge is 0.495 e. The lowest BCUT2D eigenvalue weighted by atomic mass is 9.92. The number of hydrogen-bond acceptors (Lipinski definition) is 3. The van der Waals surface area contributed by atoms with Crippen molar-refractivity contribution < 1.29 is 9.53 Å². The molecule has 1 aliphatic carbocycles. The van der Waals surface area contributed by atoms with Gasteiger partial charge in [0.25, 0.3) is 0 Å². The Balaban J connectivity index is 2.56. The van der Waals surface area contributed by atoms with Gasteiger partial charge in [-0.3, -0.25) is 9.78 Å². The van der Waals surface area contributed by atoms with Gasteiger partial charge in [0.1, 0.15) is 11.5 Å². The average Bonchev–Trinajstić information content (AvgIpc) is 2.98. The first kappa shape index (κ1) is 10.6. The smallest absolute Gasteiger partial charge is 0.142 e. The quantitative estimate of drug-likeness (QED) is 0.847. The zero-order chi connectivity index (χ0) is 11.1. The Morgan fingerprint density at radius 1 is 1.53 bits per heavy atom. The number of Topliss-reactive ketones (excluding diaryl/α,β-unsaturated/α-hetero) is 1. The van der Waals surface area contributed by atoms with Gasteiger partial charge in [-0.15, -0.1) is 0 Å². The number of rotatable bonds is 3. The number of methoxy groups -OCH3 is 1. The number of pyridine rings is 1. The van der Waals surface area contributed by atoms with Gasteiger partial charge in [-0.2, -0.15) is 0 Å². The van der Waals surface area contributed by atoms with Crippen molar-refractivity contribution in [1.29, 1.82) is 0 Å². The number of ketones is 1. The predicted molar refractivity (Wildman–Crippen MR) is 60.1 cm³/mol. The van der Waals surface area contributed by atoms with E-state index in [2.05, 4.69) is 20.9 Å². The molecular weight excluding hydrogens is 258 g/mol. The second-order valence-corrected chi connectivity index (χ2v) is 4.69. The highest BCUT2D eigenvalue weighted by Crippen LogP contribution is 2.53. The first-order valence-corrected chi connectivity index (χ1v) is 5.60. The highest BCUT2D eigenvalue weighted by molar-refractivity contribution is 9.10. The summed E-state index contributed by atoms with van der Waals surface area (Å²) in [5.41, 5.74) is 0.625. The minimum Gasteiger partial charge on any atom is -0.495 e. The van der Waals surface area contributed by atoms with Crippen LogP contribution in [0, 0.1) is 0 Å². The lowest BCUT2D eigenvalue weighted by molar-refractivity contribution is -0.119. The fraction of sp³-hybridized carbons (Fsp3) is 0.455. The van der Waals surface area contributed by atoms with Crippen LogP contribution in [-0.2, 0) is 10.2 Å². The van der Waals surface area contributed by atoms with Gasteiger partial charge in [0.2, 0.25) is 0 Å². The van der Waals surface area contributed by atoms with Crippen LogP contribution < -0.4 is 4.74 Å². The summed E-state index contributed by atoms with van der Waals surface area (Å²) in [6.45, 7) is 1.64. The topological polar surface area (TPSA) is 39.2 Å². The summed E-state index contributed by atoms with van der Waals surface area (Å²) < 4.78 is 6.11. The zero-order valence-corrected chi connectivity index (χ0v) is 10.3. The monoisotopic (exact) mass is 269 g/mol. The molecule has 0 bridgehead atoms. The summed E-state index contributed by atoms with van der Waals surface area (Å²) in [6, 6.07) is 0. The third kappa shape index (κ3) is 1.57. The van der Waals surface area contributed by atoms with E-state index >= 15 is 0 Å². The molecule has 1 aliphatic rings. The Morgan fingerprint density at radius 2 is 2.20 bits per heavy atom. The molecule has 0 N–H and O–H groups in total. The molecule has 1 aromatic rings. The molecule has 0 unspecified atom stereocenters. The Kier molecular flexibility index (Phi) is 2.54. The van der Waals surface area contributed by atoms with Crippen molar-refractivity contribution in [2.45, 2.75) is 25.2 Å². The van der Waals surface area contributed by atoms with Gasteiger partial charge in [0.15, 0.2) is 0 Å². The van der Waals surface area contributed by atoms with Gasteiger partial charge in [-0.25, -0.2) is 0 Å². The summed E-state index contributed by atoms with van der Waals surface area (Å²) in [5, 5.41) is 0. The number of carbonyl (C=O) groups is 1. The minimum atomic E-state index is -0.326. The van der Waals surface area contributed by atoms with E-state index in [1.807, 2.05) is 0 Å². The molecule has 0 spiro atoms. The molecule has 1 aromatic heterocycles. The van der Waals surface area contributed by atoms with Crippen molar-refractivity contribution in [3.63, 3.8) is 0 Å². The maximum absolute atomic E-state index is 11.7. The number of halogens is 1. The number of aromatic nitrogens is 1. The van der Waals surface area contributed by atoms with Gasteiger partial charge < -0.3 is 4.74 Å². The van der Waals surface area contributed by atoms with Gasteiger partial charge in [-0.05, 0) is 35.7 Å². The maximum atomic E-state index is 11.7. The third-order valence-electron chi connectivity index (χ3n) is 2.99. The Morgan fingerprint density at radius 3 is 2.67 bits per heavy atom. The van der Waals surface area contributed by atoms with Crippen molar-refractivity contribution in [2.75, 3.05) is 7.11 Å². The van der Waals surface area contributed by atoms with Crippen LogP contribution in [0.1, 0.15) is 25.3 Å². The van der Waals surface area contributed by atoms with Crippen LogP contribution in [0.5, 0.6) is 5.75 Å². The van der Waals surface area contributed by atoms with Crippen LogP contribution in [0.4, 0.5) is 0 Å². The highest BCUT2D eigenvalue weighted by atomic mass is 79.9. The number of ether oxygens (including phenoxy) is 1. The normalized spacial score (nSPS) is 17.3. The van der Waals surface area contributed by atoms with Crippen LogP contribution in [0.3, 0.4) is 0 Å². The maximum Gasteiger partial charge on any atom is 0.142 e. The summed E-state index contributed by atoms with van der Waals surface area (Å²) in [6.07, 6.45) is 5.17. The van der Waals surface area contributed by atoms with Crippen molar-refractivity contribution in [2.24, 2.45) is 0 Å². The lowest BCUT2D eigenvalue weighted by Gasteiger charge is -2.17. The highest BCUT2D eigenvalue weighted by Gasteiger charge is 2.51. The zero-order valence-electron chi connectivity index (χ0n) is 8.71. The van der Waals surface area contributed by atoms with Crippen molar-refractivity contribution in [3.8, 4) is 5.75 Å². The second kappa shape index (κ2) is 3.59. The van der Waals surface area contributed by atoms with Crippen LogP contribution >= 0.6 is 15.9 Å².